The number of aryl methyl sites for hydroxylation is 1. The van der Waals surface area contributed by atoms with E-state index in [9.17, 15) is 4.79 Å². The highest BCUT2D eigenvalue weighted by Crippen LogP contribution is 2.22. The molecule has 0 saturated heterocycles. The molecule has 0 radical (unpaired) electrons. The summed E-state index contributed by atoms with van der Waals surface area (Å²) in [5, 5.41) is 6.11. The second-order valence-electron chi connectivity index (χ2n) is 3.12. The van der Waals surface area contributed by atoms with E-state index < -0.39 is 0 Å². The molecule has 72 valence electrons. The molecule has 0 unspecified atom stereocenters. The number of aromatic amines is 2. The Bertz CT molecular complexity index is 512. The highest BCUT2D eigenvalue weighted by atomic mass is 16.1. The molecule has 0 spiro atoms. The van der Waals surface area contributed by atoms with Gasteiger partial charge in [0, 0.05) is 11.3 Å². The number of anilines is 1. The molecule has 1 aromatic carbocycles. The molecule has 2 rings (SSSR count). The number of hydrogen-bond acceptors (Lipinski definition) is 3. The van der Waals surface area contributed by atoms with E-state index >= 15 is 0 Å². The standard InChI is InChI=1S/C9H10N4O/c1-5-2-3-7(10)6(4-5)8-11-9(14)13-12-8/h2-4H,10H2,1H3,(H2,11,12,13,14). The lowest BCUT2D eigenvalue weighted by atomic mass is 10.1. The predicted octanol–water partition coefficient (Wildman–Crippen LogP) is 0.656. The Kier molecular flexibility index (Phi) is 1.85. The molecule has 0 aliphatic rings. The van der Waals surface area contributed by atoms with Crippen molar-refractivity contribution in [1.82, 2.24) is 15.2 Å². The Labute approximate surface area is 80.0 Å². The average Bonchev–Trinajstić information content (AvgIpc) is 2.56. The fourth-order valence-corrected chi connectivity index (χ4v) is 1.27. The first kappa shape index (κ1) is 8.55. The van der Waals surface area contributed by atoms with Gasteiger partial charge in [-0.25, -0.2) is 9.89 Å². The number of nitrogens with two attached hydrogens (primary N) is 1. The summed E-state index contributed by atoms with van der Waals surface area (Å²) in [6, 6.07) is 5.57. The van der Waals surface area contributed by atoms with Crippen molar-refractivity contribution in [3.63, 3.8) is 0 Å². The first-order valence-corrected chi connectivity index (χ1v) is 4.18. The molecule has 1 aromatic heterocycles. The van der Waals surface area contributed by atoms with Crippen LogP contribution in [-0.4, -0.2) is 15.2 Å². The van der Waals surface area contributed by atoms with Crippen LogP contribution >= 0.6 is 0 Å². The first-order valence-electron chi connectivity index (χ1n) is 4.18. The lowest BCUT2D eigenvalue weighted by Gasteiger charge is -2.02. The van der Waals surface area contributed by atoms with Crippen LogP contribution in [0.2, 0.25) is 0 Å². The van der Waals surface area contributed by atoms with Crippen LogP contribution in [0.5, 0.6) is 0 Å². The largest absolute Gasteiger partial charge is 0.398 e. The van der Waals surface area contributed by atoms with E-state index in [0.717, 1.165) is 11.1 Å². The minimum absolute atomic E-state index is 0.332. The van der Waals surface area contributed by atoms with E-state index in [1.807, 2.05) is 19.1 Å². The number of nitrogens with one attached hydrogen (secondary N) is 2. The molecule has 2 aromatic rings. The van der Waals surface area contributed by atoms with Crippen LogP contribution in [0.3, 0.4) is 0 Å². The van der Waals surface area contributed by atoms with Crippen molar-refractivity contribution in [2.45, 2.75) is 6.92 Å². The number of nitrogens with zero attached hydrogens (tertiary/aromatic N) is 1. The van der Waals surface area contributed by atoms with Crippen LogP contribution < -0.4 is 11.4 Å². The average molecular weight is 190 g/mol. The molecule has 0 amide bonds. The third-order valence-electron chi connectivity index (χ3n) is 1.97. The van der Waals surface area contributed by atoms with Gasteiger partial charge in [0.2, 0.25) is 0 Å². The molecular weight excluding hydrogens is 180 g/mol. The fraction of sp³-hybridized carbons (Fsp3) is 0.111. The Balaban J connectivity index is 2.61. The molecule has 14 heavy (non-hydrogen) atoms. The zero-order valence-electron chi connectivity index (χ0n) is 7.66. The highest BCUT2D eigenvalue weighted by molar-refractivity contribution is 5.71. The Hall–Kier alpha value is -2.04. The molecule has 0 saturated carbocycles. The predicted molar refractivity (Wildman–Crippen MR) is 53.8 cm³/mol. The molecule has 4 N–H and O–H groups in total. The number of aromatic nitrogens is 3. The summed E-state index contributed by atoms with van der Waals surface area (Å²) in [7, 11) is 0. The molecule has 0 aliphatic heterocycles. The van der Waals surface area contributed by atoms with Gasteiger partial charge in [-0.15, -0.1) is 0 Å². The third kappa shape index (κ3) is 1.39. The summed E-state index contributed by atoms with van der Waals surface area (Å²) in [5.41, 5.74) is 7.82. The zero-order chi connectivity index (χ0) is 10.1. The molecule has 0 atom stereocenters. The Morgan fingerprint density at radius 3 is 2.86 bits per heavy atom. The van der Waals surface area contributed by atoms with Gasteiger partial charge in [0.1, 0.15) is 0 Å². The van der Waals surface area contributed by atoms with Crippen molar-refractivity contribution in [2.75, 3.05) is 5.73 Å². The van der Waals surface area contributed by atoms with Crippen LogP contribution in [0.1, 0.15) is 5.56 Å². The summed E-state index contributed by atoms with van der Waals surface area (Å²) < 4.78 is 0. The summed E-state index contributed by atoms with van der Waals surface area (Å²) in [6.07, 6.45) is 0. The van der Waals surface area contributed by atoms with E-state index in [-0.39, 0.29) is 5.69 Å². The van der Waals surface area contributed by atoms with Gasteiger partial charge in [-0.3, -0.25) is 4.98 Å². The van der Waals surface area contributed by atoms with E-state index in [0.29, 0.717) is 11.5 Å². The molecular formula is C9H10N4O. The molecule has 0 aliphatic carbocycles. The van der Waals surface area contributed by atoms with Crippen LogP contribution in [0, 0.1) is 6.92 Å². The summed E-state index contributed by atoms with van der Waals surface area (Å²) in [5.74, 6) is 0.469. The number of H-pyrrole nitrogens is 2. The van der Waals surface area contributed by atoms with Gasteiger partial charge >= 0.3 is 5.69 Å². The third-order valence-corrected chi connectivity index (χ3v) is 1.97. The normalized spacial score (nSPS) is 10.4. The summed E-state index contributed by atoms with van der Waals surface area (Å²) in [4.78, 5) is 13.4. The summed E-state index contributed by atoms with van der Waals surface area (Å²) >= 11 is 0. The van der Waals surface area contributed by atoms with Crippen molar-refractivity contribution in [2.24, 2.45) is 0 Å². The second-order valence-corrected chi connectivity index (χ2v) is 3.12. The summed E-state index contributed by atoms with van der Waals surface area (Å²) in [6.45, 7) is 1.95. The van der Waals surface area contributed by atoms with Crippen LogP contribution in [0.15, 0.2) is 23.0 Å². The first-order chi connectivity index (χ1) is 6.66. The number of benzene rings is 1. The number of hydrogen-bond donors (Lipinski definition) is 3. The van der Waals surface area contributed by atoms with Crippen LogP contribution in [0.4, 0.5) is 5.69 Å². The van der Waals surface area contributed by atoms with E-state index in [2.05, 4.69) is 15.2 Å². The van der Waals surface area contributed by atoms with Gasteiger partial charge in [0.05, 0.1) is 0 Å². The zero-order valence-corrected chi connectivity index (χ0v) is 7.66. The molecule has 1 heterocycles. The molecule has 0 fully saturated rings. The van der Waals surface area contributed by atoms with Gasteiger partial charge in [-0.1, -0.05) is 11.6 Å². The maximum Gasteiger partial charge on any atom is 0.340 e. The van der Waals surface area contributed by atoms with Gasteiger partial charge in [-0.05, 0) is 19.1 Å². The minimum atomic E-state index is -0.332. The van der Waals surface area contributed by atoms with Gasteiger partial charge in [0.25, 0.3) is 0 Å². The van der Waals surface area contributed by atoms with Crippen molar-refractivity contribution >= 4 is 5.69 Å². The lowest BCUT2D eigenvalue weighted by molar-refractivity contribution is 1.05. The number of nitrogen functional groups attached to an aromatic ring is 1. The quantitative estimate of drug-likeness (QED) is 0.577. The van der Waals surface area contributed by atoms with E-state index in [1.54, 1.807) is 6.07 Å². The Morgan fingerprint density at radius 1 is 1.43 bits per heavy atom. The van der Waals surface area contributed by atoms with Crippen LogP contribution in [0.25, 0.3) is 11.4 Å². The topological polar surface area (TPSA) is 87.6 Å². The molecule has 5 nitrogen and oxygen atoms in total. The van der Waals surface area contributed by atoms with Crippen molar-refractivity contribution in [1.29, 1.82) is 0 Å². The van der Waals surface area contributed by atoms with Crippen molar-refractivity contribution in [3.05, 3.63) is 34.2 Å². The van der Waals surface area contributed by atoms with Crippen molar-refractivity contribution in [3.8, 4) is 11.4 Å². The maximum atomic E-state index is 10.8. The minimum Gasteiger partial charge on any atom is -0.398 e. The highest BCUT2D eigenvalue weighted by Gasteiger charge is 2.06. The van der Waals surface area contributed by atoms with Crippen LogP contribution in [-0.2, 0) is 0 Å². The van der Waals surface area contributed by atoms with E-state index in [4.69, 9.17) is 5.73 Å². The molecule has 5 heteroatoms. The molecule has 0 bridgehead atoms. The fourth-order valence-electron chi connectivity index (χ4n) is 1.27. The Morgan fingerprint density at radius 2 is 2.21 bits per heavy atom. The lowest BCUT2D eigenvalue weighted by Crippen LogP contribution is -2.00. The van der Waals surface area contributed by atoms with Crippen molar-refractivity contribution < 1.29 is 0 Å². The van der Waals surface area contributed by atoms with E-state index in [1.165, 1.54) is 0 Å². The van der Waals surface area contributed by atoms with Gasteiger partial charge < -0.3 is 5.73 Å². The SMILES string of the molecule is Cc1ccc(N)c(-c2n[nH]c(=O)[nH]2)c1. The smallest absolute Gasteiger partial charge is 0.340 e. The maximum absolute atomic E-state index is 10.8. The van der Waals surface area contributed by atoms with Gasteiger partial charge in [-0.2, -0.15) is 5.10 Å². The van der Waals surface area contributed by atoms with Gasteiger partial charge in [0.15, 0.2) is 5.82 Å². The monoisotopic (exact) mass is 190 g/mol. The second kappa shape index (κ2) is 3.02. The number of rotatable bonds is 1.